The van der Waals surface area contributed by atoms with Gasteiger partial charge in [-0.15, -0.1) is 6.42 Å². The third-order valence-corrected chi connectivity index (χ3v) is 2.72. The lowest BCUT2D eigenvalue weighted by molar-refractivity contribution is 0.412. The number of hydrogen-bond donors (Lipinski definition) is 1. The van der Waals surface area contributed by atoms with Crippen LogP contribution >= 0.6 is 15.9 Å². The summed E-state index contributed by atoms with van der Waals surface area (Å²) in [6.07, 6.45) is 6.28. The van der Waals surface area contributed by atoms with Gasteiger partial charge in [0.15, 0.2) is 0 Å². The van der Waals surface area contributed by atoms with Crippen LogP contribution in [0.25, 0.3) is 0 Å². The number of ether oxygens (including phenoxy) is 1. The molecule has 0 saturated heterocycles. The van der Waals surface area contributed by atoms with E-state index in [4.69, 9.17) is 11.2 Å². The van der Waals surface area contributed by atoms with Crippen molar-refractivity contribution in [3.05, 3.63) is 22.7 Å². The van der Waals surface area contributed by atoms with Gasteiger partial charge in [-0.3, -0.25) is 0 Å². The fraction of sp³-hybridized carbons (Fsp3) is 0.333. The lowest BCUT2D eigenvalue weighted by atomic mass is 10.2. The highest BCUT2D eigenvalue weighted by Gasteiger charge is 2.04. The van der Waals surface area contributed by atoms with E-state index in [1.54, 1.807) is 7.11 Å². The molecule has 1 rings (SSSR count). The standard InChI is InChI=1S/C12H14BrNO/c1-4-9(5-2)14-10-6-7-12(15-3)11(13)8-10/h1,6-9,14H,5H2,2-3H3. The fourth-order valence-corrected chi connectivity index (χ4v) is 1.76. The van der Waals surface area contributed by atoms with Crippen LogP contribution in [0.15, 0.2) is 22.7 Å². The zero-order valence-corrected chi connectivity index (χ0v) is 10.5. The average molecular weight is 268 g/mol. The highest BCUT2D eigenvalue weighted by molar-refractivity contribution is 9.10. The largest absolute Gasteiger partial charge is 0.496 e. The Morgan fingerprint density at radius 1 is 1.60 bits per heavy atom. The molecular weight excluding hydrogens is 254 g/mol. The molecule has 0 radical (unpaired) electrons. The van der Waals surface area contributed by atoms with Gasteiger partial charge >= 0.3 is 0 Å². The molecule has 0 aliphatic rings. The number of benzene rings is 1. The van der Waals surface area contributed by atoms with Crippen LogP contribution in [-0.4, -0.2) is 13.2 Å². The summed E-state index contributed by atoms with van der Waals surface area (Å²) in [5, 5.41) is 3.25. The van der Waals surface area contributed by atoms with Crippen LogP contribution in [0.5, 0.6) is 5.75 Å². The molecule has 0 aliphatic carbocycles. The van der Waals surface area contributed by atoms with Gasteiger partial charge in [0.25, 0.3) is 0 Å². The van der Waals surface area contributed by atoms with Gasteiger partial charge in [0, 0.05) is 5.69 Å². The second-order valence-electron chi connectivity index (χ2n) is 3.12. The van der Waals surface area contributed by atoms with E-state index in [0.717, 1.165) is 22.3 Å². The van der Waals surface area contributed by atoms with Crippen LogP contribution in [-0.2, 0) is 0 Å². The Morgan fingerprint density at radius 3 is 2.80 bits per heavy atom. The number of anilines is 1. The third kappa shape index (κ3) is 3.17. The first kappa shape index (κ1) is 11.9. The molecule has 2 nitrogen and oxygen atoms in total. The molecule has 0 amide bonds. The van der Waals surface area contributed by atoms with Gasteiger partial charge in [-0.05, 0) is 40.5 Å². The minimum atomic E-state index is 0.0743. The summed E-state index contributed by atoms with van der Waals surface area (Å²) in [7, 11) is 1.64. The van der Waals surface area contributed by atoms with Crippen molar-refractivity contribution in [2.24, 2.45) is 0 Å². The van der Waals surface area contributed by atoms with E-state index in [1.165, 1.54) is 0 Å². The number of halogens is 1. The lowest BCUT2D eigenvalue weighted by Gasteiger charge is -2.13. The molecule has 0 bridgehead atoms. The number of rotatable bonds is 4. The van der Waals surface area contributed by atoms with Crippen molar-refractivity contribution in [1.82, 2.24) is 0 Å². The monoisotopic (exact) mass is 267 g/mol. The molecule has 1 unspecified atom stereocenters. The minimum absolute atomic E-state index is 0.0743. The van der Waals surface area contributed by atoms with E-state index in [1.807, 2.05) is 18.2 Å². The number of terminal acetylenes is 1. The lowest BCUT2D eigenvalue weighted by Crippen LogP contribution is -2.15. The normalized spacial score (nSPS) is 11.6. The van der Waals surface area contributed by atoms with E-state index < -0.39 is 0 Å². The van der Waals surface area contributed by atoms with Gasteiger partial charge in [0.05, 0.1) is 17.6 Å². The quantitative estimate of drug-likeness (QED) is 0.846. The fourth-order valence-electron chi connectivity index (χ4n) is 1.22. The van der Waals surface area contributed by atoms with Crippen LogP contribution < -0.4 is 10.1 Å². The maximum absolute atomic E-state index is 5.38. The Kier molecular flexibility index (Phi) is 4.51. The highest BCUT2D eigenvalue weighted by atomic mass is 79.9. The predicted octanol–water partition coefficient (Wildman–Crippen LogP) is 3.28. The first-order chi connectivity index (χ1) is 7.21. The van der Waals surface area contributed by atoms with Gasteiger partial charge in [-0.2, -0.15) is 0 Å². The third-order valence-electron chi connectivity index (χ3n) is 2.10. The maximum atomic E-state index is 5.38. The molecule has 0 aliphatic heterocycles. The topological polar surface area (TPSA) is 21.3 Å². The predicted molar refractivity (Wildman–Crippen MR) is 67.2 cm³/mol. The molecule has 1 N–H and O–H groups in total. The minimum Gasteiger partial charge on any atom is -0.496 e. The van der Waals surface area contributed by atoms with E-state index in [9.17, 15) is 0 Å². The number of hydrogen-bond acceptors (Lipinski definition) is 2. The van der Waals surface area contributed by atoms with Crippen LogP contribution in [0.3, 0.4) is 0 Å². The van der Waals surface area contributed by atoms with Crippen molar-refractivity contribution in [2.45, 2.75) is 19.4 Å². The summed E-state index contributed by atoms with van der Waals surface area (Å²) < 4.78 is 6.06. The zero-order chi connectivity index (χ0) is 11.3. The second-order valence-corrected chi connectivity index (χ2v) is 3.98. The van der Waals surface area contributed by atoms with Crippen molar-refractivity contribution in [3.63, 3.8) is 0 Å². The van der Waals surface area contributed by atoms with E-state index in [-0.39, 0.29) is 6.04 Å². The molecule has 1 aromatic carbocycles. The van der Waals surface area contributed by atoms with Crippen molar-refractivity contribution >= 4 is 21.6 Å². The second kappa shape index (κ2) is 5.67. The molecule has 15 heavy (non-hydrogen) atoms. The summed E-state index contributed by atoms with van der Waals surface area (Å²) >= 11 is 3.42. The maximum Gasteiger partial charge on any atom is 0.133 e. The first-order valence-corrected chi connectivity index (χ1v) is 5.56. The molecular formula is C12H14BrNO. The van der Waals surface area contributed by atoms with Crippen molar-refractivity contribution in [1.29, 1.82) is 0 Å². The summed E-state index contributed by atoms with van der Waals surface area (Å²) in [6.45, 7) is 2.05. The molecule has 0 fully saturated rings. The van der Waals surface area contributed by atoms with Crippen molar-refractivity contribution in [2.75, 3.05) is 12.4 Å². The van der Waals surface area contributed by atoms with E-state index in [0.29, 0.717) is 0 Å². The molecule has 1 aromatic rings. The van der Waals surface area contributed by atoms with Gasteiger partial charge in [0.2, 0.25) is 0 Å². The summed E-state index contributed by atoms with van der Waals surface area (Å²) in [6, 6.07) is 5.88. The van der Waals surface area contributed by atoms with Crippen LogP contribution in [0.4, 0.5) is 5.69 Å². The first-order valence-electron chi connectivity index (χ1n) is 4.77. The van der Waals surface area contributed by atoms with Gasteiger partial charge in [-0.25, -0.2) is 0 Å². The van der Waals surface area contributed by atoms with Gasteiger partial charge in [0.1, 0.15) is 5.75 Å². The van der Waals surface area contributed by atoms with Crippen molar-refractivity contribution < 1.29 is 4.74 Å². The molecule has 0 aromatic heterocycles. The molecule has 3 heteroatoms. The van der Waals surface area contributed by atoms with Gasteiger partial charge < -0.3 is 10.1 Å². The van der Waals surface area contributed by atoms with Crippen molar-refractivity contribution in [3.8, 4) is 18.1 Å². The molecule has 0 heterocycles. The SMILES string of the molecule is C#CC(CC)Nc1ccc(OC)c(Br)c1. The Labute approximate surface area is 99.2 Å². The Hall–Kier alpha value is -1.14. The summed E-state index contributed by atoms with van der Waals surface area (Å²) in [5.74, 6) is 3.50. The van der Waals surface area contributed by atoms with Crippen LogP contribution in [0.2, 0.25) is 0 Å². The van der Waals surface area contributed by atoms with E-state index in [2.05, 4.69) is 34.1 Å². The molecule has 1 atom stereocenters. The summed E-state index contributed by atoms with van der Waals surface area (Å²) in [5.41, 5.74) is 0.993. The smallest absolute Gasteiger partial charge is 0.133 e. The van der Waals surface area contributed by atoms with Gasteiger partial charge in [-0.1, -0.05) is 12.8 Å². The van der Waals surface area contributed by atoms with Crippen LogP contribution in [0.1, 0.15) is 13.3 Å². The Balaban J connectivity index is 2.80. The average Bonchev–Trinajstić information content (AvgIpc) is 2.26. The van der Waals surface area contributed by atoms with Crippen LogP contribution in [0, 0.1) is 12.3 Å². The molecule has 0 saturated carbocycles. The number of methoxy groups -OCH3 is 1. The van der Waals surface area contributed by atoms with E-state index >= 15 is 0 Å². The molecule has 80 valence electrons. The number of nitrogens with one attached hydrogen (secondary N) is 1. The highest BCUT2D eigenvalue weighted by Crippen LogP contribution is 2.28. The zero-order valence-electron chi connectivity index (χ0n) is 8.88. The Bertz CT molecular complexity index is 370. The Morgan fingerprint density at radius 2 is 2.33 bits per heavy atom. The summed E-state index contributed by atoms with van der Waals surface area (Å²) in [4.78, 5) is 0. The molecule has 0 spiro atoms.